The number of hydrogen-bond donors (Lipinski definition) is 1. The third-order valence-electron chi connectivity index (χ3n) is 3.51. The molecular formula is C11H21NO3. The lowest BCUT2D eigenvalue weighted by Gasteiger charge is -2.44. The van der Waals surface area contributed by atoms with Crippen LogP contribution < -0.4 is 5.73 Å². The van der Waals surface area contributed by atoms with Gasteiger partial charge in [0, 0.05) is 13.5 Å². The van der Waals surface area contributed by atoms with Crippen LogP contribution in [-0.4, -0.2) is 31.8 Å². The Morgan fingerprint density at radius 2 is 1.93 bits per heavy atom. The predicted molar refractivity (Wildman–Crippen MR) is 57.4 cm³/mol. The van der Waals surface area contributed by atoms with Crippen molar-refractivity contribution in [1.29, 1.82) is 0 Å². The number of ether oxygens (including phenoxy) is 2. The van der Waals surface area contributed by atoms with Crippen LogP contribution in [0.2, 0.25) is 0 Å². The van der Waals surface area contributed by atoms with Crippen LogP contribution in [0, 0.1) is 5.41 Å². The number of esters is 1. The van der Waals surface area contributed by atoms with Gasteiger partial charge in [-0.25, -0.2) is 0 Å². The molecule has 0 aromatic carbocycles. The Kier molecular flexibility index (Phi) is 3.41. The molecule has 1 rings (SSSR count). The van der Waals surface area contributed by atoms with Crippen molar-refractivity contribution in [3.8, 4) is 0 Å². The maximum Gasteiger partial charge on any atom is 0.325 e. The Hall–Kier alpha value is -0.610. The zero-order valence-electron chi connectivity index (χ0n) is 10.0. The Morgan fingerprint density at radius 1 is 1.33 bits per heavy atom. The Bertz CT molecular complexity index is 252. The first kappa shape index (κ1) is 12.5. The van der Waals surface area contributed by atoms with Crippen LogP contribution in [0.4, 0.5) is 0 Å². The largest absolute Gasteiger partial charge is 0.468 e. The fraction of sp³-hybridized carbons (Fsp3) is 0.909. The van der Waals surface area contributed by atoms with Crippen molar-refractivity contribution >= 4 is 5.97 Å². The van der Waals surface area contributed by atoms with Crippen molar-refractivity contribution in [1.82, 2.24) is 0 Å². The summed E-state index contributed by atoms with van der Waals surface area (Å²) in [6.45, 7) is 4.27. The highest BCUT2D eigenvalue weighted by molar-refractivity contribution is 5.80. The van der Waals surface area contributed by atoms with Crippen molar-refractivity contribution in [3.05, 3.63) is 0 Å². The summed E-state index contributed by atoms with van der Waals surface area (Å²) in [6, 6.07) is 0. The Balaban J connectivity index is 2.80. The van der Waals surface area contributed by atoms with Crippen LogP contribution in [0.25, 0.3) is 0 Å². The van der Waals surface area contributed by atoms with Gasteiger partial charge in [-0.05, 0) is 18.3 Å². The molecule has 1 aliphatic rings. The van der Waals surface area contributed by atoms with Gasteiger partial charge in [0.05, 0.1) is 13.2 Å². The lowest BCUT2D eigenvalue weighted by Crippen LogP contribution is -2.57. The molecule has 4 heteroatoms. The predicted octanol–water partition coefficient (Wildman–Crippen LogP) is 1.08. The molecule has 0 spiro atoms. The summed E-state index contributed by atoms with van der Waals surface area (Å²) in [4.78, 5) is 11.6. The highest BCUT2D eigenvalue weighted by Gasteiger charge is 2.47. The SMILES string of the molecule is COC(=O)C1(N)CCC(C)(C)C(OC)C1. The van der Waals surface area contributed by atoms with Crippen molar-refractivity contribution in [2.45, 2.75) is 44.8 Å². The first-order valence-corrected chi connectivity index (χ1v) is 5.26. The lowest BCUT2D eigenvalue weighted by molar-refractivity contribution is -0.153. The zero-order chi connectivity index (χ0) is 11.7. The molecule has 88 valence electrons. The minimum Gasteiger partial charge on any atom is -0.468 e. The fourth-order valence-corrected chi connectivity index (χ4v) is 2.21. The number of carbonyl (C=O) groups is 1. The van der Waals surface area contributed by atoms with Crippen molar-refractivity contribution < 1.29 is 14.3 Å². The second-order valence-electron chi connectivity index (χ2n) is 5.06. The van der Waals surface area contributed by atoms with E-state index in [-0.39, 0.29) is 17.5 Å². The highest BCUT2D eigenvalue weighted by atomic mass is 16.5. The van der Waals surface area contributed by atoms with Crippen LogP contribution >= 0.6 is 0 Å². The summed E-state index contributed by atoms with van der Waals surface area (Å²) in [5.74, 6) is -0.333. The van der Waals surface area contributed by atoms with Crippen LogP contribution in [0.3, 0.4) is 0 Å². The monoisotopic (exact) mass is 215 g/mol. The minimum atomic E-state index is -0.870. The molecule has 15 heavy (non-hydrogen) atoms. The van der Waals surface area contributed by atoms with Crippen molar-refractivity contribution in [2.24, 2.45) is 11.1 Å². The zero-order valence-corrected chi connectivity index (χ0v) is 10.0. The normalized spacial score (nSPS) is 34.9. The van der Waals surface area contributed by atoms with E-state index in [1.807, 2.05) is 0 Å². The quantitative estimate of drug-likeness (QED) is 0.700. The van der Waals surface area contributed by atoms with Gasteiger partial charge in [-0.2, -0.15) is 0 Å². The molecule has 1 saturated carbocycles. The van der Waals surface area contributed by atoms with E-state index in [9.17, 15) is 4.79 Å². The second-order valence-corrected chi connectivity index (χ2v) is 5.06. The Morgan fingerprint density at radius 3 is 2.40 bits per heavy atom. The summed E-state index contributed by atoms with van der Waals surface area (Å²) in [6.07, 6.45) is 2.07. The molecule has 0 aromatic heterocycles. The number of nitrogens with two attached hydrogens (primary N) is 1. The Labute approximate surface area is 91.1 Å². The minimum absolute atomic E-state index is 0.00958. The van der Waals surface area contributed by atoms with E-state index in [1.165, 1.54) is 7.11 Å². The van der Waals surface area contributed by atoms with Gasteiger partial charge in [-0.1, -0.05) is 13.8 Å². The number of carbonyl (C=O) groups excluding carboxylic acids is 1. The fourth-order valence-electron chi connectivity index (χ4n) is 2.21. The van der Waals surface area contributed by atoms with Crippen LogP contribution in [0.15, 0.2) is 0 Å². The van der Waals surface area contributed by atoms with Crippen LogP contribution in [0.1, 0.15) is 33.1 Å². The number of methoxy groups -OCH3 is 2. The molecule has 1 fully saturated rings. The summed E-state index contributed by atoms with van der Waals surface area (Å²) in [5.41, 5.74) is 5.25. The third-order valence-corrected chi connectivity index (χ3v) is 3.51. The first-order valence-electron chi connectivity index (χ1n) is 5.26. The molecule has 1 aliphatic carbocycles. The van der Waals surface area contributed by atoms with Gasteiger partial charge in [-0.15, -0.1) is 0 Å². The second kappa shape index (κ2) is 4.10. The summed E-state index contributed by atoms with van der Waals surface area (Å²) >= 11 is 0. The van der Waals surface area contributed by atoms with E-state index in [1.54, 1.807) is 7.11 Å². The first-order chi connectivity index (χ1) is 6.85. The smallest absolute Gasteiger partial charge is 0.325 e. The number of hydrogen-bond acceptors (Lipinski definition) is 4. The average molecular weight is 215 g/mol. The molecular weight excluding hydrogens is 194 g/mol. The molecule has 0 saturated heterocycles. The molecule has 0 radical (unpaired) electrons. The van der Waals surface area contributed by atoms with E-state index < -0.39 is 5.54 Å². The van der Waals surface area contributed by atoms with E-state index in [0.717, 1.165) is 6.42 Å². The molecule has 0 aromatic rings. The van der Waals surface area contributed by atoms with Gasteiger partial charge in [0.2, 0.25) is 0 Å². The van der Waals surface area contributed by atoms with Crippen molar-refractivity contribution in [3.63, 3.8) is 0 Å². The summed E-state index contributed by atoms with van der Waals surface area (Å²) in [5, 5.41) is 0. The van der Waals surface area contributed by atoms with Crippen molar-refractivity contribution in [2.75, 3.05) is 14.2 Å². The molecule has 2 atom stereocenters. The van der Waals surface area contributed by atoms with Gasteiger partial charge in [0.15, 0.2) is 0 Å². The maximum absolute atomic E-state index is 11.6. The van der Waals surface area contributed by atoms with Gasteiger partial charge < -0.3 is 15.2 Å². The average Bonchev–Trinajstić information content (AvgIpc) is 2.20. The summed E-state index contributed by atoms with van der Waals surface area (Å²) < 4.78 is 10.1. The van der Waals surface area contributed by atoms with E-state index >= 15 is 0 Å². The summed E-state index contributed by atoms with van der Waals surface area (Å²) in [7, 11) is 3.04. The maximum atomic E-state index is 11.6. The standard InChI is InChI=1S/C11H21NO3/c1-10(2)5-6-11(12,9(13)15-4)7-8(10)14-3/h8H,5-7,12H2,1-4H3. The molecule has 0 amide bonds. The molecule has 0 aliphatic heterocycles. The molecule has 2 unspecified atom stereocenters. The third kappa shape index (κ3) is 2.32. The van der Waals surface area contributed by atoms with Gasteiger partial charge >= 0.3 is 5.97 Å². The van der Waals surface area contributed by atoms with E-state index in [4.69, 9.17) is 15.2 Å². The van der Waals surface area contributed by atoms with Gasteiger partial charge in [0.25, 0.3) is 0 Å². The topological polar surface area (TPSA) is 61.5 Å². The lowest BCUT2D eigenvalue weighted by atomic mass is 9.67. The molecule has 4 nitrogen and oxygen atoms in total. The number of rotatable bonds is 2. The van der Waals surface area contributed by atoms with Crippen LogP contribution in [0.5, 0.6) is 0 Å². The van der Waals surface area contributed by atoms with Gasteiger partial charge in [-0.3, -0.25) is 4.79 Å². The highest BCUT2D eigenvalue weighted by Crippen LogP contribution is 2.41. The van der Waals surface area contributed by atoms with Crippen LogP contribution in [-0.2, 0) is 14.3 Å². The van der Waals surface area contributed by atoms with E-state index in [0.29, 0.717) is 12.8 Å². The van der Waals surface area contributed by atoms with E-state index in [2.05, 4.69) is 13.8 Å². The molecule has 0 heterocycles. The molecule has 2 N–H and O–H groups in total. The molecule has 0 bridgehead atoms. The van der Waals surface area contributed by atoms with Gasteiger partial charge in [0.1, 0.15) is 5.54 Å².